The van der Waals surface area contributed by atoms with Gasteiger partial charge < -0.3 is 19.7 Å². The molecule has 168 valence electrons. The summed E-state index contributed by atoms with van der Waals surface area (Å²) in [6, 6.07) is 8.03. The van der Waals surface area contributed by atoms with Crippen LogP contribution < -0.4 is 10.2 Å². The van der Waals surface area contributed by atoms with Crippen molar-refractivity contribution in [3.8, 4) is 0 Å². The Bertz CT molecular complexity index is 1070. The fraction of sp³-hybridized carbons (Fsp3) is 0.300. The lowest BCUT2D eigenvalue weighted by molar-refractivity contribution is -0.385. The molecule has 0 unspecified atom stereocenters. The quantitative estimate of drug-likeness (QED) is 0.385. The minimum Gasteiger partial charge on any atom is -0.452 e. The zero-order valence-electron chi connectivity index (χ0n) is 17.1. The van der Waals surface area contributed by atoms with E-state index in [0.717, 1.165) is 6.07 Å². The van der Waals surface area contributed by atoms with Crippen LogP contribution in [0.4, 0.5) is 22.7 Å². The van der Waals surface area contributed by atoms with Gasteiger partial charge in [0.25, 0.3) is 17.3 Å². The average Bonchev–Trinajstić information content (AvgIpc) is 2.78. The van der Waals surface area contributed by atoms with Crippen molar-refractivity contribution >= 4 is 34.6 Å². The second-order valence-corrected chi connectivity index (χ2v) is 6.94. The summed E-state index contributed by atoms with van der Waals surface area (Å²) in [4.78, 5) is 47.7. The van der Waals surface area contributed by atoms with Crippen molar-refractivity contribution in [2.45, 2.75) is 6.92 Å². The maximum Gasteiger partial charge on any atom is 0.341 e. The Morgan fingerprint density at radius 1 is 1.09 bits per heavy atom. The number of esters is 1. The minimum atomic E-state index is -0.903. The van der Waals surface area contributed by atoms with Crippen LogP contribution >= 0.6 is 0 Å². The first-order valence-corrected chi connectivity index (χ1v) is 9.59. The SMILES string of the molecule is Cc1ccc(NC(=O)COC(=O)c2cc([N+](=O)[O-])ccc2N2CCOCC2)cc1[N+](=O)[O-]. The van der Waals surface area contributed by atoms with Crippen molar-refractivity contribution in [3.05, 3.63) is 67.8 Å². The molecule has 1 heterocycles. The number of non-ortho nitro benzene ring substituents is 1. The van der Waals surface area contributed by atoms with Gasteiger partial charge >= 0.3 is 5.97 Å². The molecule has 2 aromatic carbocycles. The van der Waals surface area contributed by atoms with Crippen molar-refractivity contribution in [1.29, 1.82) is 0 Å². The Hall–Kier alpha value is -4.06. The Balaban J connectivity index is 1.71. The van der Waals surface area contributed by atoms with E-state index in [2.05, 4.69) is 5.32 Å². The highest BCUT2D eigenvalue weighted by Crippen LogP contribution is 2.27. The molecule has 12 heteroatoms. The Morgan fingerprint density at radius 2 is 1.81 bits per heavy atom. The van der Waals surface area contributed by atoms with E-state index in [1.54, 1.807) is 6.92 Å². The number of carbonyl (C=O) groups is 2. The molecule has 1 saturated heterocycles. The van der Waals surface area contributed by atoms with Gasteiger partial charge in [0, 0.05) is 42.5 Å². The van der Waals surface area contributed by atoms with E-state index < -0.39 is 28.3 Å². The van der Waals surface area contributed by atoms with Crippen molar-refractivity contribution in [2.75, 3.05) is 43.1 Å². The number of hydrogen-bond donors (Lipinski definition) is 1. The van der Waals surface area contributed by atoms with Crippen LogP contribution in [0, 0.1) is 27.2 Å². The molecule has 0 bridgehead atoms. The van der Waals surface area contributed by atoms with Crippen LogP contribution in [-0.4, -0.2) is 54.6 Å². The minimum absolute atomic E-state index is 0.0418. The van der Waals surface area contributed by atoms with Crippen LogP contribution in [0.3, 0.4) is 0 Å². The number of morpholine rings is 1. The Morgan fingerprint density at radius 3 is 2.47 bits per heavy atom. The fourth-order valence-corrected chi connectivity index (χ4v) is 3.17. The average molecular weight is 444 g/mol. The van der Waals surface area contributed by atoms with Crippen LogP contribution in [-0.2, 0) is 14.3 Å². The number of nitro benzene ring substituents is 2. The molecule has 3 rings (SSSR count). The summed E-state index contributed by atoms with van der Waals surface area (Å²) in [5.74, 6) is -1.62. The smallest absolute Gasteiger partial charge is 0.341 e. The second kappa shape index (κ2) is 9.83. The normalized spacial score (nSPS) is 13.3. The van der Waals surface area contributed by atoms with Gasteiger partial charge in [-0.05, 0) is 19.1 Å². The fourth-order valence-electron chi connectivity index (χ4n) is 3.17. The summed E-state index contributed by atoms with van der Waals surface area (Å²) in [6.07, 6.45) is 0. The number of amides is 1. The van der Waals surface area contributed by atoms with Gasteiger partial charge in [-0.1, -0.05) is 6.07 Å². The van der Waals surface area contributed by atoms with Gasteiger partial charge in [0.05, 0.1) is 34.3 Å². The van der Waals surface area contributed by atoms with Gasteiger partial charge in [0.15, 0.2) is 6.61 Å². The van der Waals surface area contributed by atoms with Crippen molar-refractivity contribution in [1.82, 2.24) is 0 Å². The largest absolute Gasteiger partial charge is 0.452 e. The molecule has 0 atom stereocenters. The predicted octanol–water partition coefficient (Wildman–Crippen LogP) is 2.44. The number of anilines is 2. The number of nitro groups is 2. The van der Waals surface area contributed by atoms with E-state index in [-0.39, 0.29) is 22.6 Å². The number of ether oxygens (including phenoxy) is 2. The van der Waals surface area contributed by atoms with E-state index in [4.69, 9.17) is 9.47 Å². The monoisotopic (exact) mass is 444 g/mol. The van der Waals surface area contributed by atoms with Crippen LogP contribution in [0.1, 0.15) is 15.9 Å². The van der Waals surface area contributed by atoms with Crippen molar-refractivity contribution in [2.24, 2.45) is 0 Å². The number of nitrogens with one attached hydrogen (secondary N) is 1. The highest BCUT2D eigenvalue weighted by atomic mass is 16.6. The topological polar surface area (TPSA) is 154 Å². The molecule has 0 saturated carbocycles. The predicted molar refractivity (Wildman–Crippen MR) is 113 cm³/mol. The number of benzene rings is 2. The summed E-state index contributed by atoms with van der Waals surface area (Å²) < 4.78 is 10.4. The standard InChI is InChI=1S/C20H20N4O8/c1-13-2-3-14(10-18(13)24(29)30)21-19(25)12-32-20(26)16-11-15(23(27)28)4-5-17(16)22-6-8-31-9-7-22/h2-5,10-11H,6-9,12H2,1H3,(H,21,25). The molecular formula is C20H20N4O8. The first-order valence-electron chi connectivity index (χ1n) is 9.59. The van der Waals surface area contributed by atoms with Crippen LogP contribution in [0.15, 0.2) is 36.4 Å². The number of hydrogen-bond acceptors (Lipinski definition) is 9. The molecule has 12 nitrogen and oxygen atoms in total. The second-order valence-electron chi connectivity index (χ2n) is 6.94. The maximum atomic E-state index is 12.7. The summed E-state index contributed by atoms with van der Waals surface area (Å²) in [6.45, 7) is 2.76. The molecule has 0 radical (unpaired) electrons. The van der Waals surface area contributed by atoms with Crippen molar-refractivity contribution < 1.29 is 28.9 Å². The highest BCUT2D eigenvalue weighted by Gasteiger charge is 2.23. The molecule has 1 aliphatic rings. The Labute approximate surface area is 182 Å². The number of aryl methyl sites for hydroxylation is 1. The zero-order chi connectivity index (χ0) is 23.3. The third-order valence-corrected chi connectivity index (χ3v) is 4.79. The Kier molecular flexibility index (Phi) is 6.95. The molecule has 1 aliphatic heterocycles. The van der Waals surface area contributed by atoms with Crippen molar-refractivity contribution in [3.63, 3.8) is 0 Å². The van der Waals surface area contributed by atoms with Gasteiger partial charge in [-0.15, -0.1) is 0 Å². The van der Waals surface area contributed by atoms with Gasteiger partial charge in [-0.25, -0.2) is 4.79 Å². The molecule has 0 aromatic heterocycles. The first-order chi connectivity index (χ1) is 15.3. The maximum absolute atomic E-state index is 12.7. The number of rotatable bonds is 7. The van der Waals surface area contributed by atoms with E-state index >= 15 is 0 Å². The zero-order valence-corrected chi connectivity index (χ0v) is 17.1. The van der Waals surface area contributed by atoms with Crippen LogP contribution in [0.5, 0.6) is 0 Å². The number of carbonyl (C=O) groups excluding carboxylic acids is 2. The van der Waals surface area contributed by atoms with Crippen LogP contribution in [0.2, 0.25) is 0 Å². The molecule has 0 aliphatic carbocycles. The third kappa shape index (κ3) is 5.35. The highest BCUT2D eigenvalue weighted by molar-refractivity contribution is 5.99. The molecule has 0 spiro atoms. The van der Waals surface area contributed by atoms with Gasteiger partial charge in [-0.2, -0.15) is 0 Å². The summed E-state index contributed by atoms with van der Waals surface area (Å²) >= 11 is 0. The molecule has 1 amide bonds. The molecule has 2 aromatic rings. The molecule has 32 heavy (non-hydrogen) atoms. The lowest BCUT2D eigenvalue weighted by Gasteiger charge is -2.30. The van der Waals surface area contributed by atoms with E-state index in [1.165, 1.54) is 30.3 Å². The summed E-state index contributed by atoms with van der Waals surface area (Å²) in [5, 5.41) is 24.6. The molecule has 1 fully saturated rings. The van der Waals surface area contributed by atoms with Gasteiger partial charge in [-0.3, -0.25) is 25.0 Å². The van der Waals surface area contributed by atoms with Gasteiger partial charge in [0.2, 0.25) is 0 Å². The summed E-state index contributed by atoms with van der Waals surface area (Å²) in [5.41, 5.74) is 0.559. The van der Waals surface area contributed by atoms with E-state index in [9.17, 15) is 29.8 Å². The van der Waals surface area contributed by atoms with E-state index in [0.29, 0.717) is 37.6 Å². The lowest BCUT2D eigenvalue weighted by Crippen LogP contribution is -2.37. The van der Waals surface area contributed by atoms with E-state index in [1.807, 2.05) is 4.90 Å². The first kappa shape index (κ1) is 22.6. The number of nitrogens with zero attached hydrogens (tertiary/aromatic N) is 3. The third-order valence-electron chi connectivity index (χ3n) is 4.79. The van der Waals surface area contributed by atoms with Crippen LogP contribution in [0.25, 0.3) is 0 Å². The molecular weight excluding hydrogens is 424 g/mol. The molecule has 1 N–H and O–H groups in total. The summed E-state index contributed by atoms with van der Waals surface area (Å²) in [7, 11) is 0. The lowest BCUT2D eigenvalue weighted by atomic mass is 10.1. The van der Waals surface area contributed by atoms with Gasteiger partial charge in [0.1, 0.15) is 0 Å².